The fourth-order valence-corrected chi connectivity index (χ4v) is 3.90. The molecular formula is C26H25NO4. The summed E-state index contributed by atoms with van der Waals surface area (Å²) >= 11 is 0. The van der Waals surface area contributed by atoms with Crippen LogP contribution in [0.5, 0.6) is 5.75 Å². The molecule has 1 amide bonds. The Hall–Kier alpha value is -3.60. The van der Waals surface area contributed by atoms with Crippen LogP contribution in [0.3, 0.4) is 0 Å². The first kappa shape index (κ1) is 20.7. The van der Waals surface area contributed by atoms with Gasteiger partial charge >= 0.3 is 5.97 Å². The van der Waals surface area contributed by atoms with E-state index in [1.807, 2.05) is 83.8 Å². The molecule has 31 heavy (non-hydrogen) atoms. The maximum absolute atomic E-state index is 13.0. The Balaban J connectivity index is 1.47. The Labute approximate surface area is 181 Å². The molecule has 1 aliphatic heterocycles. The number of carboxylic acids is 1. The van der Waals surface area contributed by atoms with Gasteiger partial charge in [0.15, 0.2) is 0 Å². The fraction of sp³-hybridized carbons (Fsp3) is 0.231. The van der Waals surface area contributed by atoms with E-state index in [1.165, 1.54) is 0 Å². The summed E-state index contributed by atoms with van der Waals surface area (Å²) in [5.74, 6) is -0.119. The minimum absolute atomic E-state index is 0.00659. The van der Waals surface area contributed by atoms with E-state index in [4.69, 9.17) is 9.84 Å². The first-order chi connectivity index (χ1) is 15.1. The van der Waals surface area contributed by atoms with Crippen molar-refractivity contribution in [1.29, 1.82) is 0 Å². The van der Waals surface area contributed by atoms with E-state index in [-0.39, 0.29) is 18.4 Å². The van der Waals surface area contributed by atoms with E-state index in [1.54, 1.807) is 0 Å². The molecule has 0 saturated heterocycles. The molecular weight excluding hydrogens is 390 g/mol. The van der Waals surface area contributed by atoms with Gasteiger partial charge in [-0.1, -0.05) is 54.6 Å². The zero-order valence-electron chi connectivity index (χ0n) is 17.2. The Morgan fingerprint density at radius 3 is 2.42 bits per heavy atom. The van der Waals surface area contributed by atoms with Crippen LogP contribution in [0.2, 0.25) is 0 Å². The van der Waals surface area contributed by atoms with Crippen LogP contribution in [0.1, 0.15) is 29.6 Å². The molecule has 0 radical (unpaired) electrons. The average Bonchev–Trinajstić information content (AvgIpc) is 2.81. The van der Waals surface area contributed by atoms with Gasteiger partial charge in [0.25, 0.3) is 5.91 Å². The number of carboxylic acid groups (broad SMARTS) is 1. The third-order valence-corrected chi connectivity index (χ3v) is 5.58. The van der Waals surface area contributed by atoms with Gasteiger partial charge in [-0.3, -0.25) is 9.59 Å². The van der Waals surface area contributed by atoms with Crippen LogP contribution in [0.25, 0.3) is 10.8 Å². The number of hydrogen-bond acceptors (Lipinski definition) is 3. The van der Waals surface area contributed by atoms with E-state index in [2.05, 4.69) is 0 Å². The first-order valence-electron chi connectivity index (χ1n) is 10.5. The normalized spacial score (nSPS) is 14.7. The summed E-state index contributed by atoms with van der Waals surface area (Å²) in [6.07, 6.45) is 2.80. The summed E-state index contributed by atoms with van der Waals surface area (Å²) in [6, 6.07) is 23.2. The number of benzene rings is 3. The summed E-state index contributed by atoms with van der Waals surface area (Å²) in [4.78, 5) is 25.9. The summed E-state index contributed by atoms with van der Waals surface area (Å²) < 4.78 is 6.10. The smallest absolute Gasteiger partial charge is 0.303 e. The summed E-state index contributed by atoms with van der Waals surface area (Å²) in [5, 5.41) is 11.3. The second-order valence-corrected chi connectivity index (χ2v) is 7.69. The summed E-state index contributed by atoms with van der Waals surface area (Å²) in [6.45, 7) is 1.07. The van der Waals surface area contributed by atoms with Crippen LogP contribution in [0, 0.1) is 0 Å². The number of carbonyl (C=O) groups excluding carboxylic acids is 1. The number of aliphatic carboxylic acids is 1. The topological polar surface area (TPSA) is 66.8 Å². The van der Waals surface area contributed by atoms with Gasteiger partial charge in [0, 0.05) is 25.1 Å². The number of fused-ring (bicyclic) bond motifs is 1. The predicted octanol–water partition coefficient (Wildman–Crippen LogP) is 4.92. The predicted molar refractivity (Wildman–Crippen MR) is 120 cm³/mol. The maximum atomic E-state index is 13.0. The van der Waals surface area contributed by atoms with E-state index in [0.29, 0.717) is 37.2 Å². The molecule has 0 aliphatic carbocycles. The number of amides is 1. The van der Waals surface area contributed by atoms with Crippen molar-refractivity contribution in [1.82, 2.24) is 4.90 Å². The van der Waals surface area contributed by atoms with Crippen LogP contribution in [0.15, 0.2) is 84.4 Å². The lowest BCUT2D eigenvalue weighted by Gasteiger charge is -2.30. The number of hydrogen-bond donors (Lipinski definition) is 1. The molecule has 0 saturated carbocycles. The second-order valence-electron chi connectivity index (χ2n) is 7.69. The lowest BCUT2D eigenvalue weighted by Crippen LogP contribution is -2.37. The highest BCUT2D eigenvalue weighted by Crippen LogP contribution is 2.25. The SMILES string of the molecule is O=C(O)CCC(Oc1ccccc1)C1=CCN(C(=O)c2ccc3ccccc3c2)CC1. The molecule has 0 aromatic heterocycles. The molecule has 4 rings (SSSR count). The molecule has 5 heteroatoms. The quantitative estimate of drug-likeness (QED) is 0.556. The Morgan fingerprint density at radius 2 is 1.71 bits per heavy atom. The van der Waals surface area contributed by atoms with E-state index < -0.39 is 5.97 Å². The third-order valence-electron chi connectivity index (χ3n) is 5.58. The van der Waals surface area contributed by atoms with Crippen LogP contribution in [-0.2, 0) is 4.79 Å². The largest absolute Gasteiger partial charge is 0.486 e. The van der Waals surface area contributed by atoms with Gasteiger partial charge in [-0.25, -0.2) is 0 Å². The third kappa shape index (κ3) is 5.12. The maximum Gasteiger partial charge on any atom is 0.303 e. The van der Waals surface area contributed by atoms with Crippen LogP contribution in [0.4, 0.5) is 0 Å². The van der Waals surface area contributed by atoms with Gasteiger partial charge in [-0.15, -0.1) is 0 Å². The number of rotatable bonds is 7. The fourth-order valence-electron chi connectivity index (χ4n) is 3.90. The summed E-state index contributed by atoms with van der Waals surface area (Å²) in [5.41, 5.74) is 1.73. The highest BCUT2D eigenvalue weighted by atomic mass is 16.5. The molecule has 5 nitrogen and oxygen atoms in total. The second kappa shape index (κ2) is 9.47. The number of nitrogens with zero attached hydrogens (tertiary/aromatic N) is 1. The zero-order valence-corrected chi connectivity index (χ0v) is 17.2. The van der Waals surface area contributed by atoms with Crippen molar-refractivity contribution in [3.8, 4) is 5.75 Å². The molecule has 1 heterocycles. The van der Waals surface area contributed by atoms with Crippen molar-refractivity contribution in [3.63, 3.8) is 0 Å². The van der Waals surface area contributed by atoms with Crippen molar-refractivity contribution in [2.75, 3.05) is 13.1 Å². The highest BCUT2D eigenvalue weighted by molar-refractivity contribution is 5.98. The van der Waals surface area contributed by atoms with Crippen molar-refractivity contribution >= 4 is 22.6 Å². The van der Waals surface area contributed by atoms with Gasteiger partial charge < -0.3 is 14.7 Å². The molecule has 1 atom stereocenters. The summed E-state index contributed by atoms with van der Waals surface area (Å²) in [7, 11) is 0. The van der Waals surface area contributed by atoms with Gasteiger partial charge in [0.05, 0.1) is 0 Å². The lowest BCUT2D eigenvalue weighted by molar-refractivity contribution is -0.137. The van der Waals surface area contributed by atoms with Crippen LogP contribution in [-0.4, -0.2) is 41.1 Å². The Bertz CT molecular complexity index is 1110. The Morgan fingerprint density at radius 1 is 0.968 bits per heavy atom. The van der Waals surface area contributed by atoms with E-state index in [0.717, 1.165) is 16.3 Å². The van der Waals surface area contributed by atoms with Gasteiger partial charge in [0.1, 0.15) is 11.9 Å². The average molecular weight is 415 g/mol. The van der Waals surface area contributed by atoms with Crippen LogP contribution < -0.4 is 4.74 Å². The molecule has 3 aromatic rings. The van der Waals surface area contributed by atoms with E-state index in [9.17, 15) is 9.59 Å². The van der Waals surface area contributed by atoms with Crippen molar-refractivity contribution in [2.24, 2.45) is 0 Å². The molecule has 158 valence electrons. The molecule has 3 aromatic carbocycles. The highest BCUT2D eigenvalue weighted by Gasteiger charge is 2.24. The van der Waals surface area contributed by atoms with E-state index >= 15 is 0 Å². The zero-order chi connectivity index (χ0) is 21.6. The van der Waals surface area contributed by atoms with Crippen molar-refractivity contribution in [3.05, 3.63) is 90.0 Å². The molecule has 0 bridgehead atoms. The number of para-hydroxylation sites is 1. The number of ether oxygens (including phenoxy) is 1. The first-order valence-corrected chi connectivity index (χ1v) is 10.5. The minimum atomic E-state index is -0.842. The van der Waals surface area contributed by atoms with Crippen molar-refractivity contribution in [2.45, 2.75) is 25.4 Å². The molecule has 0 fully saturated rings. The standard InChI is InChI=1S/C26H25NO4/c28-25(29)13-12-24(31-23-8-2-1-3-9-23)20-14-16-27(17-15-20)26(30)22-11-10-19-6-4-5-7-21(19)18-22/h1-11,14,18,24H,12-13,15-17H2,(H,28,29). The molecule has 1 unspecified atom stereocenters. The molecule has 1 aliphatic rings. The molecule has 1 N–H and O–H groups in total. The monoisotopic (exact) mass is 415 g/mol. The Kier molecular flexibility index (Phi) is 6.32. The minimum Gasteiger partial charge on any atom is -0.486 e. The lowest BCUT2D eigenvalue weighted by atomic mass is 9.97. The van der Waals surface area contributed by atoms with Crippen molar-refractivity contribution < 1.29 is 19.4 Å². The van der Waals surface area contributed by atoms with Gasteiger partial charge in [-0.05, 0) is 53.5 Å². The van der Waals surface area contributed by atoms with Gasteiger partial charge in [0.2, 0.25) is 0 Å². The van der Waals surface area contributed by atoms with Gasteiger partial charge in [-0.2, -0.15) is 0 Å². The molecule has 0 spiro atoms. The van der Waals surface area contributed by atoms with Crippen LogP contribution >= 0.6 is 0 Å². The number of carbonyl (C=O) groups is 2.